The number of rotatable bonds is 4. The Labute approximate surface area is 117 Å². The van der Waals surface area contributed by atoms with Gasteiger partial charge in [0.05, 0.1) is 13.1 Å². The fourth-order valence-electron chi connectivity index (χ4n) is 2.09. The Balaban J connectivity index is 1.78. The van der Waals surface area contributed by atoms with Crippen LogP contribution in [0.25, 0.3) is 0 Å². The van der Waals surface area contributed by atoms with Crippen LogP contribution in [0.2, 0.25) is 0 Å². The predicted octanol–water partition coefficient (Wildman–Crippen LogP) is 1.47. The fourth-order valence-corrected chi connectivity index (χ4v) is 2.80. The molecule has 1 aliphatic heterocycles. The van der Waals surface area contributed by atoms with E-state index >= 15 is 0 Å². The van der Waals surface area contributed by atoms with E-state index < -0.39 is 0 Å². The molecule has 1 saturated heterocycles. The lowest BCUT2D eigenvalue weighted by Gasteiger charge is -2.19. The minimum absolute atomic E-state index is 0.0951. The van der Waals surface area contributed by atoms with Crippen LogP contribution in [0.3, 0.4) is 0 Å². The Morgan fingerprint density at radius 3 is 3.05 bits per heavy atom. The van der Waals surface area contributed by atoms with Crippen molar-refractivity contribution < 1.29 is 9.59 Å². The second-order valence-electron chi connectivity index (χ2n) is 4.79. The first-order valence-electron chi connectivity index (χ1n) is 6.60. The van der Waals surface area contributed by atoms with Gasteiger partial charge in [-0.25, -0.2) is 4.98 Å². The predicted molar refractivity (Wildman–Crippen MR) is 73.7 cm³/mol. The molecule has 1 fully saturated rings. The molecule has 1 N–H and O–H groups in total. The van der Waals surface area contributed by atoms with Gasteiger partial charge in [-0.15, -0.1) is 11.3 Å². The molecule has 0 radical (unpaired) electrons. The number of carbonyl (C=O) groups excluding carboxylic acids is 2. The van der Waals surface area contributed by atoms with Gasteiger partial charge in [0.2, 0.25) is 11.8 Å². The van der Waals surface area contributed by atoms with Gasteiger partial charge in [-0.3, -0.25) is 9.59 Å². The first-order chi connectivity index (χ1) is 9.15. The van der Waals surface area contributed by atoms with Crippen molar-refractivity contribution >= 4 is 23.2 Å². The average Bonchev–Trinajstić information content (AvgIpc) is 2.69. The number of aromatic nitrogens is 1. The van der Waals surface area contributed by atoms with Crippen molar-refractivity contribution in [2.75, 3.05) is 13.1 Å². The normalized spacial score (nSPS) is 16.3. The Kier molecular flexibility index (Phi) is 4.90. The smallest absolute Gasteiger partial charge is 0.239 e. The zero-order chi connectivity index (χ0) is 13.7. The minimum atomic E-state index is -0.108. The molecule has 0 saturated carbocycles. The Morgan fingerprint density at radius 1 is 1.47 bits per heavy atom. The summed E-state index contributed by atoms with van der Waals surface area (Å²) in [5.41, 5.74) is 0.969. The Morgan fingerprint density at radius 2 is 2.32 bits per heavy atom. The molecular formula is C13H19N3O2S. The van der Waals surface area contributed by atoms with Gasteiger partial charge in [0, 0.05) is 24.0 Å². The molecule has 1 aromatic heterocycles. The van der Waals surface area contributed by atoms with E-state index in [2.05, 4.69) is 10.3 Å². The summed E-state index contributed by atoms with van der Waals surface area (Å²) in [6.07, 6.45) is 3.57. The standard InChI is InChI=1S/C13H19N3O2S/c1-10-9-19-12(15-10)7-14-11(17)8-16-6-4-2-3-5-13(16)18/h9H,2-8H2,1H3,(H,14,17). The number of hydrogen-bond acceptors (Lipinski definition) is 4. The van der Waals surface area contributed by atoms with Crippen molar-refractivity contribution in [1.29, 1.82) is 0 Å². The van der Waals surface area contributed by atoms with Crippen LogP contribution in [0.5, 0.6) is 0 Å². The average molecular weight is 281 g/mol. The summed E-state index contributed by atoms with van der Waals surface area (Å²) in [6.45, 7) is 3.24. The molecule has 0 atom stereocenters. The van der Waals surface area contributed by atoms with E-state index in [0.29, 0.717) is 19.5 Å². The lowest BCUT2D eigenvalue weighted by Crippen LogP contribution is -2.40. The zero-order valence-corrected chi connectivity index (χ0v) is 12.0. The number of aryl methyl sites for hydroxylation is 1. The van der Waals surface area contributed by atoms with E-state index in [4.69, 9.17) is 0 Å². The number of likely N-dealkylation sites (tertiary alicyclic amines) is 1. The third-order valence-electron chi connectivity index (χ3n) is 3.11. The summed E-state index contributed by atoms with van der Waals surface area (Å²) in [7, 11) is 0. The number of nitrogens with one attached hydrogen (secondary N) is 1. The van der Waals surface area contributed by atoms with Gasteiger partial charge in [-0.05, 0) is 19.8 Å². The Hall–Kier alpha value is -1.43. The second kappa shape index (κ2) is 6.65. The van der Waals surface area contributed by atoms with Crippen LogP contribution in [0.15, 0.2) is 5.38 Å². The number of nitrogens with zero attached hydrogens (tertiary/aromatic N) is 2. The van der Waals surface area contributed by atoms with Gasteiger partial charge in [-0.2, -0.15) is 0 Å². The highest BCUT2D eigenvalue weighted by Crippen LogP contribution is 2.11. The molecule has 1 aliphatic rings. The summed E-state index contributed by atoms with van der Waals surface area (Å²) < 4.78 is 0. The summed E-state index contributed by atoms with van der Waals surface area (Å²) in [6, 6.07) is 0. The number of thiazole rings is 1. The summed E-state index contributed by atoms with van der Waals surface area (Å²) in [5, 5.41) is 5.67. The lowest BCUT2D eigenvalue weighted by molar-refractivity contribution is -0.135. The lowest BCUT2D eigenvalue weighted by atomic mass is 10.2. The van der Waals surface area contributed by atoms with Crippen LogP contribution in [-0.4, -0.2) is 34.8 Å². The maximum atomic E-state index is 11.8. The topological polar surface area (TPSA) is 62.3 Å². The van der Waals surface area contributed by atoms with E-state index in [-0.39, 0.29) is 18.4 Å². The SMILES string of the molecule is Cc1csc(CNC(=O)CN2CCCCCC2=O)n1. The summed E-state index contributed by atoms with van der Waals surface area (Å²) >= 11 is 1.54. The van der Waals surface area contributed by atoms with Crippen molar-refractivity contribution in [1.82, 2.24) is 15.2 Å². The van der Waals surface area contributed by atoms with Crippen LogP contribution in [-0.2, 0) is 16.1 Å². The molecule has 2 amide bonds. The highest BCUT2D eigenvalue weighted by molar-refractivity contribution is 7.09. The molecule has 19 heavy (non-hydrogen) atoms. The van der Waals surface area contributed by atoms with Gasteiger partial charge >= 0.3 is 0 Å². The highest BCUT2D eigenvalue weighted by Gasteiger charge is 2.19. The van der Waals surface area contributed by atoms with Crippen LogP contribution in [0.1, 0.15) is 36.4 Å². The molecule has 2 heterocycles. The number of carbonyl (C=O) groups is 2. The van der Waals surface area contributed by atoms with Crippen molar-refractivity contribution in [3.8, 4) is 0 Å². The highest BCUT2D eigenvalue weighted by atomic mass is 32.1. The summed E-state index contributed by atoms with van der Waals surface area (Å²) in [4.78, 5) is 29.5. The van der Waals surface area contributed by atoms with Crippen LogP contribution in [0.4, 0.5) is 0 Å². The Bertz CT molecular complexity index is 458. The third kappa shape index (κ3) is 4.31. The quantitative estimate of drug-likeness (QED) is 0.909. The first kappa shape index (κ1) is 14.0. The van der Waals surface area contributed by atoms with Gasteiger partial charge in [0.25, 0.3) is 0 Å². The second-order valence-corrected chi connectivity index (χ2v) is 5.73. The molecule has 104 valence electrons. The maximum Gasteiger partial charge on any atom is 0.239 e. The molecule has 2 rings (SSSR count). The minimum Gasteiger partial charge on any atom is -0.348 e. The molecule has 0 aliphatic carbocycles. The zero-order valence-electron chi connectivity index (χ0n) is 11.1. The molecule has 0 bridgehead atoms. The van der Waals surface area contributed by atoms with Crippen LogP contribution < -0.4 is 5.32 Å². The van der Waals surface area contributed by atoms with Crippen molar-refractivity contribution in [2.24, 2.45) is 0 Å². The van der Waals surface area contributed by atoms with E-state index in [1.165, 1.54) is 11.3 Å². The molecule has 5 nitrogen and oxygen atoms in total. The first-order valence-corrected chi connectivity index (χ1v) is 7.48. The van der Waals surface area contributed by atoms with Gasteiger partial charge in [0.1, 0.15) is 5.01 Å². The van der Waals surface area contributed by atoms with Crippen molar-refractivity contribution in [3.05, 3.63) is 16.1 Å². The van der Waals surface area contributed by atoms with Crippen LogP contribution in [0, 0.1) is 6.92 Å². The molecule has 1 aromatic rings. The number of amides is 2. The monoisotopic (exact) mass is 281 g/mol. The van der Waals surface area contributed by atoms with Crippen LogP contribution >= 0.6 is 11.3 Å². The molecular weight excluding hydrogens is 262 g/mol. The van der Waals surface area contributed by atoms with Crippen molar-refractivity contribution in [2.45, 2.75) is 39.2 Å². The van der Waals surface area contributed by atoms with Gasteiger partial charge in [0.15, 0.2) is 0 Å². The molecule has 6 heteroatoms. The number of hydrogen-bond donors (Lipinski definition) is 1. The fraction of sp³-hybridized carbons (Fsp3) is 0.615. The van der Waals surface area contributed by atoms with E-state index in [1.54, 1.807) is 4.90 Å². The molecule has 0 unspecified atom stereocenters. The van der Waals surface area contributed by atoms with Gasteiger partial charge < -0.3 is 10.2 Å². The summed E-state index contributed by atoms with van der Waals surface area (Å²) in [5.74, 6) is -0.0131. The maximum absolute atomic E-state index is 11.8. The van der Waals surface area contributed by atoms with E-state index in [1.807, 2.05) is 12.3 Å². The molecule has 0 aromatic carbocycles. The van der Waals surface area contributed by atoms with Gasteiger partial charge in [-0.1, -0.05) is 6.42 Å². The third-order valence-corrected chi connectivity index (χ3v) is 4.08. The molecule has 0 spiro atoms. The van der Waals surface area contributed by atoms with Crippen molar-refractivity contribution in [3.63, 3.8) is 0 Å². The van der Waals surface area contributed by atoms with E-state index in [9.17, 15) is 9.59 Å². The van der Waals surface area contributed by atoms with E-state index in [0.717, 1.165) is 30.0 Å². The largest absolute Gasteiger partial charge is 0.348 e.